The van der Waals surface area contributed by atoms with Crippen molar-refractivity contribution in [3.8, 4) is 0 Å². The SMILES string of the molecule is CCCCOC(=O)C1C(C(C)(C)C)CN(C)C1(O)O[SiH](C)C. The van der Waals surface area contributed by atoms with Crippen LogP contribution in [-0.4, -0.2) is 51.1 Å². The first kappa shape index (κ1) is 19.6. The highest BCUT2D eigenvalue weighted by Crippen LogP contribution is 2.46. The number of unbranched alkanes of at least 4 members (excludes halogenated alkanes) is 1. The second-order valence-corrected chi connectivity index (χ2v) is 10.0. The Balaban J connectivity index is 3.05. The fraction of sp³-hybridized carbons (Fsp3) is 0.938. The molecule has 0 radical (unpaired) electrons. The van der Waals surface area contributed by atoms with Crippen LogP contribution in [0.1, 0.15) is 40.5 Å². The summed E-state index contributed by atoms with van der Waals surface area (Å²) in [5.41, 5.74) is -0.116. The van der Waals surface area contributed by atoms with Gasteiger partial charge in [0.15, 0.2) is 9.04 Å². The second kappa shape index (κ2) is 7.42. The molecule has 0 aliphatic carbocycles. The van der Waals surface area contributed by atoms with Crippen LogP contribution in [0.15, 0.2) is 0 Å². The standard InChI is InChI=1S/C16H33NO4Si/c1-8-9-10-20-14(18)13-12(15(2,3)4)11-17(5)16(13,19)21-22(6)7/h12-13,19,22H,8-11H2,1-7H3. The van der Waals surface area contributed by atoms with Crippen LogP contribution in [0.3, 0.4) is 0 Å². The minimum Gasteiger partial charge on any atom is -0.465 e. The summed E-state index contributed by atoms with van der Waals surface area (Å²) >= 11 is 0. The van der Waals surface area contributed by atoms with Crippen LogP contribution < -0.4 is 0 Å². The normalized spacial score (nSPS) is 30.0. The summed E-state index contributed by atoms with van der Waals surface area (Å²) in [7, 11) is 0.291. The molecule has 0 aromatic carbocycles. The Morgan fingerprint density at radius 2 is 2.00 bits per heavy atom. The first-order valence-electron chi connectivity index (χ1n) is 8.32. The zero-order valence-electron chi connectivity index (χ0n) is 15.2. The molecule has 0 saturated carbocycles. The van der Waals surface area contributed by atoms with Crippen LogP contribution >= 0.6 is 0 Å². The van der Waals surface area contributed by atoms with Gasteiger partial charge in [0.1, 0.15) is 5.92 Å². The average molecular weight is 332 g/mol. The van der Waals surface area contributed by atoms with E-state index >= 15 is 0 Å². The lowest BCUT2D eigenvalue weighted by molar-refractivity contribution is -0.251. The van der Waals surface area contributed by atoms with Crippen LogP contribution in [0.25, 0.3) is 0 Å². The van der Waals surface area contributed by atoms with E-state index in [0.29, 0.717) is 13.2 Å². The van der Waals surface area contributed by atoms with Gasteiger partial charge in [0.25, 0.3) is 0 Å². The Morgan fingerprint density at radius 1 is 1.41 bits per heavy atom. The number of aliphatic hydroxyl groups is 1. The summed E-state index contributed by atoms with van der Waals surface area (Å²) in [6.45, 7) is 13.4. The number of esters is 1. The zero-order valence-corrected chi connectivity index (χ0v) is 16.3. The Bertz CT molecular complexity index is 383. The minimum absolute atomic E-state index is 0.00984. The number of hydrogen-bond acceptors (Lipinski definition) is 5. The van der Waals surface area contributed by atoms with Crippen LogP contribution in [0.5, 0.6) is 0 Å². The average Bonchev–Trinajstić information content (AvgIpc) is 2.61. The minimum atomic E-state index is -1.54. The van der Waals surface area contributed by atoms with Crippen LogP contribution in [0.2, 0.25) is 13.1 Å². The van der Waals surface area contributed by atoms with Gasteiger partial charge in [0.2, 0.25) is 5.91 Å². The molecule has 1 heterocycles. The predicted molar refractivity (Wildman–Crippen MR) is 89.8 cm³/mol. The van der Waals surface area contributed by atoms with Gasteiger partial charge in [-0.15, -0.1) is 0 Å². The van der Waals surface area contributed by atoms with E-state index in [0.717, 1.165) is 12.8 Å². The molecule has 1 aliphatic rings. The fourth-order valence-electron chi connectivity index (χ4n) is 3.04. The molecule has 0 spiro atoms. The van der Waals surface area contributed by atoms with Crippen molar-refractivity contribution in [3.63, 3.8) is 0 Å². The molecular weight excluding hydrogens is 298 g/mol. The van der Waals surface area contributed by atoms with E-state index in [4.69, 9.17) is 9.16 Å². The van der Waals surface area contributed by atoms with Crippen LogP contribution in [0, 0.1) is 17.3 Å². The van der Waals surface area contributed by atoms with Gasteiger partial charge in [-0.25, -0.2) is 0 Å². The summed E-state index contributed by atoms with van der Waals surface area (Å²) < 4.78 is 11.3. The number of likely N-dealkylation sites (tertiary alicyclic amines) is 1. The highest BCUT2D eigenvalue weighted by molar-refractivity contribution is 6.48. The maximum atomic E-state index is 12.6. The molecule has 1 saturated heterocycles. The van der Waals surface area contributed by atoms with Crippen molar-refractivity contribution in [2.24, 2.45) is 17.3 Å². The molecule has 6 heteroatoms. The molecule has 130 valence electrons. The van der Waals surface area contributed by atoms with Gasteiger partial charge in [-0.3, -0.25) is 9.69 Å². The number of nitrogens with zero attached hydrogens (tertiary/aromatic N) is 1. The van der Waals surface area contributed by atoms with Gasteiger partial charge in [0.05, 0.1) is 6.61 Å². The van der Waals surface area contributed by atoms with E-state index in [1.165, 1.54) is 0 Å². The van der Waals surface area contributed by atoms with E-state index in [1.807, 2.05) is 20.1 Å². The summed E-state index contributed by atoms with van der Waals surface area (Å²) in [6, 6.07) is 0. The number of rotatable bonds is 6. The molecule has 1 fully saturated rings. The molecule has 0 aromatic rings. The van der Waals surface area contributed by atoms with E-state index in [2.05, 4.69) is 27.7 Å². The van der Waals surface area contributed by atoms with E-state index in [9.17, 15) is 9.90 Å². The van der Waals surface area contributed by atoms with Gasteiger partial charge in [-0.1, -0.05) is 34.1 Å². The summed E-state index contributed by atoms with van der Waals surface area (Å²) in [5.74, 6) is -2.55. The maximum absolute atomic E-state index is 12.6. The third kappa shape index (κ3) is 4.31. The van der Waals surface area contributed by atoms with Crippen molar-refractivity contribution in [2.75, 3.05) is 20.2 Å². The Morgan fingerprint density at radius 3 is 2.45 bits per heavy atom. The monoisotopic (exact) mass is 331 g/mol. The Hall–Kier alpha value is -0.433. The maximum Gasteiger partial charge on any atom is 0.316 e. The van der Waals surface area contributed by atoms with Gasteiger partial charge < -0.3 is 14.3 Å². The lowest BCUT2D eigenvalue weighted by Crippen LogP contribution is -2.54. The number of carbonyl (C=O) groups excluding carboxylic acids is 1. The van der Waals surface area contributed by atoms with E-state index in [1.54, 1.807) is 4.90 Å². The highest BCUT2D eigenvalue weighted by atomic mass is 28.3. The third-order valence-corrected chi connectivity index (χ3v) is 5.16. The van der Waals surface area contributed by atoms with E-state index in [-0.39, 0.29) is 17.3 Å². The molecule has 5 nitrogen and oxygen atoms in total. The van der Waals surface area contributed by atoms with E-state index < -0.39 is 20.9 Å². The van der Waals surface area contributed by atoms with Gasteiger partial charge >= 0.3 is 5.97 Å². The Labute approximate surface area is 136 Å². The zero-order chi connectivity index (χ0) is 17.1. The molecule has 0 bridgehead atoms. The van der Waals surface area contributed by atoms with Crippen LogP contribution in [-0.2, 0) is 14.0 Å². The largest absolute Gasteiger partial charge is 0.465 e. The van der Waals surface area contributed by atoms with Crippen molar-refractivity contribution < 1.29 is 19.1 Å². The Kier molecular flexibility index (Phi) is 6.62. The first-order valence-corrected chi connectivity index (χ1v) is 11.1. The quantitative estimate of drug-likeness (QED) is 0.350. The molecule has 3 atom stereocenters. The van der Waals surface area contributed by atoms with Crippen molar-refractivity contribution in [1.82, 2.24) is 4.90 Å². The number of carbonyl (C=O) groups is 1. The predicted octanol–water partition coefficient (Wildman–Crippen LogP) is 2.20. The first-order chi connectivity index (χ1) is 10.0. The van der Waals surface area contributed by atoms with Crippen molar-refractivity contribution >= 4 is 15.0 Å². The summed E-state index contributed by atoms with van der Waals surface area (Å²) in [5, 5.41) is 11.1. The number of hydrogen-bond donors (Lipinski definition) is 1. The summed E-state index contributed by atoms with van der Waals surface area (Å²) in [6.07, 6.45) is 1.81. The smallest absolute Gasteiger partial charge is 0.316 e. The molecule has 0 aromatic heterocycles. The molecule has 22 heavy (non-hydrogen) atoms. The van der Waals surface area contributed by atoms with Crippen molar-refractivity contribution in [2.45, 2.75) is 59.5 Å². The molecular formula is C16H33NO4Si. The molecule has 1 N–H and O–H groups in total. The van der Waals surface area contributed by atoms with Crippen molar-refractivity contribution in [1.29, 1.82) is 0 Å². The highest BCUT2D eigenvalue weighted by Gasteiger charge is 2.59. The lowest BCUT2D eigenvalue weighted by atomic mass is 9.74. The van der Waals surface area contributed by atoms with Crippen molar-refractivity contribution in [3.05, 3.63) is 0 Å². The lowest BCUT2D eigenvalue weighted by Gasteiger charge is -2.38. The topological polar surface area (TPSA) is 59.0 Å². The fourth-order valence-corrected chi connectivity index (χ4v) is 4.06. The van der Waals surface area contributed by atoms with Gasteiger partial charge in [-0.2, -0.15) is 0 Å². The molecule has 1 rings (SSSR count). The van der Waals surface area contributed by atoms with Gasteiger partial charge in [0, 0.05) is 6.54 Å². The molecule has 3 unspecified atom stereocenters. The second-order valence-electron chi connectivity index (χ2n) is 7.68. The van der Waals surface area contributed by atoms with Crippen LogP contribution in [0.4, 0.5) is 0 Å². The molecule has 1 aliphatic heterocycles. The van der Waals surface area contributed by atoms with Gasteiger partial charge in [-0.05, 0) is 37.9 Å². The molecule has 0 amide bonds. The third-order valence-electron chi connectivity index (χ3n) is 4.34. The number of ether oxygens (including phenoxy) is 1. The summed E-state index contributed by atoms with van der Waals surface area (Å²) in [4.78, 5) is 14.4.